The number of nitrogens with one attached hydrogen (secondary N) is 1. The highest BCUT2D eigenvalue weighted by molar-refractivity contribution is 5.76. The molecule has 2 aromatic carbocycles. The lowest BCUT2D eigenvalue weighted by molar-refractivity contribution is -0.121. The third-order valence-electron chi connectivity index (χ3n) is 3.82. The fourth-order valence-corrected chi connectivity index (χ4v) is 2.37. The van der Waals surface area contributed by atoms with Crippen LogP contribution in [0.1, 0.15) is 36.4 Å². The molecule has 0 aliphatic carbocycles. The molecule has 3 N–H and O–H groups in total. The number of rotatable bonds is 9. The van der Waals surface area contributed by atoms with Crippen LogP contribution >= 0.6 is 0 Å². The summed E-state index contributed by atoms with van der Waals surface area (Å²) in [4.78, 5) is 11.9. The molecule has 1 atom stereocenters. The Hall–Kier alpha value is -2.33. The molecule has 0 radical (unpaired) electrons. The van der Waals surface area contributed by atoms with Crippen molar-refractivity contribution in [3.8, 4) is 5.75 Å². The Morgan fingerprint density at radius 3 is 2.50 bits per heavy atom. The minimum absolute atomic E-state index is 0.00851. The number of amides is 1. The molecule has 0 aliphatic rings. The first-order valence-electron chi connectivity index (χ1n) is 8.42. The zero-order valence-corrected chi connectivity index (χ0v) is 14.2. The van der Waals surface area contributed by atoms with Crippen LogP contribution in [-0.4, -0.2) is 19.1 Å². The highest BCUT2D eigenvalue weighted by Crippen LogP contribution is 2.13. The molecule has 2 aromatic rings. The lowest BCUT2D eigenvalue weighted by Gasteiger charge is -2.12. The van der Waals surface area contributed by atoms with E-state index in [-0.39, 0.29) is 11.9 Å². The van der Waals surface area contributed by atoms with Gasteiger partial charge in [-0.25, -0.2) is 0 Å². The number of unbranched alkanes of at least 4 members (excludes halogenated alkanes) is 1. The molecule has 0 aliphatic heterocycles. The fraction of sp³-hybridized carbons (Fsp3) is 0.350. The topological polar surface area (TPSA) is 64.3 Å². The molecule has 0 saturated heterocycles. The maximum absolute atomic E-state index is 11.9. The zero-order chi connectivity index (χ0) is 17.2. The SMILES string of the molecule is Cc1ccc(OCCCCNC(=O)CC(N)c2ccccc2)cc1. The summed E-state index contributed by atoms with van der Waals surface area (Å²) in [5.41, 5.74) is 8.25. The van der Waals surface area contributed by atoms with Crippen molar-refractivity contribution in [2.75, 3.05) is 13.2 Å². The lowest BCUT2D eigenvalue weighted by atomic mass is 10.0. The van der Waals surface area contributed by atoms with E-state index in [1.54, 1.807) is 0 Å². The van der Waals surface area contributed by atoms with Crippen molar-refractivity contribution in [1.29, 1.82) is 0 Å². The average Bonchev–Trinajstić information content (AvgIpc) is 2.60. The van der Waals surface area contributed by atoms with E-state index in [2.05, 4.69) is 12.2 Å². The normalized spacial score (nSPS) is 11.8. The van der Waals surface area contributed by atoms with Gasteiger partial charge in [0.15, 0.2) is 0 Å². The van der Waals surface area contributed by atoms with Crippen LogP contribution in [0.25, 0.3) is 0 Å². The van der Waals surface area contributed by atoms with E-state index in [0.717, 1.165) is 24.2 Å². The number of carbonyl (C=O) groups is 1. The Morgan fingerprint density at radius 1 is 1.08 bits per heavy atom. The van der Waals surface area contributed by atoms with E-state index in [1.807, 2.05) is 54.6 Å². The van der Waals surface area contributed by atoms with Gasteiger partial charge in [-0.05, 0) is 37.5 Å². The van der Waals surface area contributed by atoms with Gasteiger partial charge >= 0.3 is 0 Å². The fourth-order valence-electron chi connectivity index (χ4n) is 2.37. The van der Waals surface area contributed by atoms with Gasteiger partial charge in [-0.3, -0.25) is 4.79 Å². The van der Waals surface area contributed by atoms with Crippen LogP contribution in [0.4, 0.5) is 0 Å². The summed E-state index contributed by atoms with van der Waals surface area (Å²) in [7, 11) is 0. The van der Waals surface area contributed by atoms with Gasteiger partial charge in [0.25, 0.3) is 0 Å². The molecule has 0 aromatic heterocycles. The van der Waals surface area contributed by atoms with Crippen LogP contribution in [0.2, 0.25) is 0 Å². The van der Waals surface area contributed by atoms with Crippen molar-refractivity contribution in [3.05, 3.63) is 65.7 Å². The van der Waals surface area contributed by atoms with Crippen molar-refractivity contribution in [2.24, 2.45) is 5.73 Å². The van der Waals surface area contributed by atoms with Crippen LogP contribution < -0.4 is 15.8 Å². The van der Waals surface area contributed by atoms with E-state index < -0.39 is 0 Å². The van der Waals surface area contributed by atoms with Crippen LogP contribution in [0.15, 0.2) is 54.6 Å². The second-order valence-electron chi connectivity index (χ2n) is 5.94. The van der Waals surface area contributed by atoms with Gasteiger partial charge < -0.3 is 15.8 Å². The number of hydrogen-bond donors (Lipinski definition) is 2. The maximum Gasteiger partial charge on any atom is 0.221 e. The minimum atomic E-state index is -0.254. The number of benzene rings is 2. The number of hydrogen-bond acceptors (Lipinski definition) is 3. The highest BCUT2D eigenvalue weighted by Gasteiger charge is 2.10. The Morgan fingerprint density at radius 2 is 1.79 bits per heavy atom. The zero-order valence-electron chi connectivity index (χ0n) is 14.2. The van der Waals surface area contributed by atoms with E-state index in [1.165, 1.54) is 5.56 Å². The maximum atomic E-state index is 11.9. The monoisotopic (exact) mass is 326 g/mol. The molecule has 0 bridgehead atoms. The second kappa shape index (κ2) is 9.73. The van der Waals surface area contributed by atoms with Gasteiger partial charge in [0.1, 0.15) is 5.75 Å². The molecule has 0 spiro atoms. The van der Waals surface area contributed by atoms with Gasteiger partial charge in [0, 0.05) is 19.0 Å². The standard InChI is InChI=1S/C20H26N2O2/c1-16-9-11-18(12-10-16)24-14-6-5-13-22-20(23)15-19(21)17-7-3-2-4-8-17/h2-4,7-12,19H,5-6,13-15,21H2,1H3,(H,22,23). The molecule has 0 heterocycles. The van der Waals surface area contributed by atoms with Gasteiger partial charge in [-0.2, -0.15) is 0 Å². The number of ether oxygens (including phenoxy) is 1. The van der Waals surface area contributed by atoms with E-state index in [4.69, 9.17) is 10.5 Å². The van der Waals surface area contributed by atoms with Gasteiger partial charge in [-0.1, -0.05) is 48.0 Å². The molecular weight excluding hydrogens is 300 g/mol. The number of carbonyl (C=O) groups excluding carboxylic acids is 1. The molecule has 1 amide bonds. The summed E-state index contributed by atoms with van der Waals surface area (Å²) < 4.78 is 5.66. The summed E-state index contributed by atoms with van der Waals surface area (Å²) in [6.45, 7) is 3.36. The third-order valence-corrected chi connectivity index (χ3v) is 3.82. The van der Waals surface area contributed by atoms with E-state index in [0.29, 0.717) is 19.6 Å². The summed E-state index contributed by atoms with van der Waals surface area (Å²) in [5, 5.41) is 2.91. The Bertz CT molecular complexity index is 611. The van der Waals surface area contributed by atoms with Crippen molar-refractivity contribution in [1.82, 2.24) is 5.32 Å². The molecule has 24 heavy (non-hydrogen) atoms. The predicted octanol–water partition coefficient (Wildman–Crippen LogP) is 3.36. The van der Waals surface area contributed by atoms with Crippen molar-refractivity contribution < 1.29 is 9.53 Å². The lowest BCUT2D eigenvalue weighted by Crippen LogP contribution is -2.28. The molecule has 1 unspecified atom stereocenters. The van der Waals surface area contributed by atoms with Crippen molar-refractivity contribution >= 4 is 5.91 Å². The molecule has 4 heteroatoms. The molecule has 4 nitrogen and oxygen atoms in total. The molecule has 128 valence electrons. The second-order valence-corrected chi connectivity index (χ2v) is 5.94. The van der Waals surface area contributed by atoms with Gasteiger partial charge in [0.05, 0.1) is 6.61 Å². The third kappa shape index (κ3) is 6.42. The van der Waals surface area contributed by atoms with Gasteiger partial charge in [0.2, 0.25) is 5.91 Å². The quantitative estimate of drug-likeness (QED) is 0.695. The first-order valence-corrected chi connectivity index (χ1v) is 8.42. The van der Waals surface area contributed by atoms with Crippen LogP contribution in [0, 0.1) is 6.92 Å². The smallest absolute Gasteiger partial charge is 0.221 e. The Kier molecular flexibility index (Phi) is 7.30. The molecule has 2 rings (SSSR count). The summed E-state index contributed by atoms with van der Waals surface area (Å²) in [6, 6.07) is 17.5. The first kappa shape index (κ1) is 18.0. The highest BCUT2D eigenvalue weighted by atomic mass is 16.5. The van der Waals surface area contributed by atoms with Gasteiger partial charge in [-0.15, -0.1) is 0 Å². The number of nitrogens with two attached hydrogens (primary N) is 1. The molecule has 0 saturated carbocycles. The van der Waals surface area contributed by atoms with Crippen LogP contribution in [-0.2, 0) is 4.79 Å². The van der Waals surface area contributed by atoms with Crippen molar-refractivity contribution in [3.63, 3.8) is 0 Å². The summed E-state index contributed by atoms with van der Waals surface area (Å²) in [6.07, 6.45) is 2.10. The van der Waals surface area contributed by atoms with Crippen LogP contribution in [0.5, 0.6) is 5.75 Å². The molecule has 0 fully saturated rings. The number of aryl methyl sites for hydroxylation is 1. The van der Waals surface area contributed by atoms with Crippen LogP contribution in [0.3, 0.4) is 0 Å². The minimum Gasteiger partial charge on any atom is -0.494 e. The van der Waals surface area contributed by atoms with E-state index >= 15 is 0 Å². The first-order chi connectivity index (χ1) is 11.6. The average molecular weight is 326 g/mol. The largest absolute Gasteiger partial charge is 0.494 e. The Labute approximate surface area is 144 Å². The van der Waals surface area contributed by atoms with E-state index in [9.17, 15) is 4.79 Å². The summed E-state index contributed by atoms with van der Waals surface area (Å²) in [5.74, 6) is 0.879. The van der Waals surface area contributed by atoms with Crippen molar-refractivity contribution in [2.45, 2.75) is 32.2 Å². The summed E-state index contributed by atoms with van der Waals surface area (Å²) >= 11 is 0. The molecular formula is C20H26N2O2. The Balaban J connectivity index is 1.55. The predicted molar refractivity (Wildman–Crippen MR) is 96.9 cm³/mol.